The van der Waals surface area contributed by atoms with Crippen molar-refractivity contribution in [1.82, 2.24) is 34.3 Å². The minimum Gasteiger partial charge on any atom is -0.463 e. The summed E-state index contributed by atoms with van der Waals surface area (Å²) in [6.45, 7) is 0.403. The van der Waals surface area contributed by atoms with Crippen LogP contribution in [0.3, 0.4) is 0 Å². The summed E-state index contributed by atoms with van der Waals surface area (Å²) in [6, 6.07) is 5.50. The number of fused-ring (bicyclic) bond motifs is 2. The molecule has 0 saturated carbocycles. The van der Waals surface area contributed by atoms with Crippen LogP contribution in [0.15, 0.2) is 41.3 Å². The lowest BCUT2D eigenvalue weighted by Gasteiger charge is -2.04. The fourth-order valence-corrected chi connectivity index (χ4v) is 3.34. The molecular formula is C15H10N8OS. The molecule has 0 saturated heterocycles. The number of nitrogens with zero attached hydrogens (tertiary/aromatic N) is 7. The summed E-state index contributed by atoms with van der Waals surface area (Å²) in [5.74, 6) is 0.694. The molecule has 0 unspecified atom stereocenters. The number of aromatic nitrogens is 7. The molecule has 5 aromatic heterocycles. The highest BCUT2D eigenvalue weighted by Gasteiger charge is 2.18. The summed E-state index contributed by atoms with van der Waals surface area (Å²) >= 11 is 1.43. The Bertz CT molecular complexity index is 1190. The predicted molar refractivity (Wildman–Crippen MR) is 91.7 cm³/mol. The van der Waals surface area contributed by atoms with E-state index in [1.807, 2.05) is 6.07 Å². The highest BCUT2D eigenvalue weighted by Crippen LogP contribution is 2.26. The van der Waals surface area contributed by atoms with Crippen molar-refractivity contribution in [3.8, 4) is 11.5 Å². The number of furan rings is 1. The van der Waals surface area contributed by atoms with Gasteiger partial charge >= 0.3 is 0 Å². The van der Waals surface area contributed by atoms with Gasteiger partial charge in [0.15, 0.2) is 16.9 Å². The fourth-order valence-electron chi connectivity index (χ4n) is 2.68. The second kappa shape index (κ2) is 5.31. The Kier molecular flexibility index (Phi) is 2.97. The van der Waals surface area contributed by atoms with Gasteiger partial charge in [-0.15, -0.1) is 5.10 Å². The van der Waals surface area contributed by atoms with Crippen molar-refractivity contribution in [1.29, 1.82) is 0 Å². The molecule has 2 N–H and O–H groups in total. The summed E-state index contributed by atoms with van der Waals surface area (Å²) in [5.41, 5.74) is 8.28. The first kappa shape index (κ1) is 14.0. The number of hydrogen-bond donors (Lipinski definition) is 1. The van der Waals surface area contributed by atoms with Crippen LogP contribution in [0.5, 0.6) is 0 Å². The minimum absolute atomic E-state index is 0.130. The maximum atomic E-state index is 5.87. The first-order valence-corrected chi connectivity index (χ1v) is 8.16. The smallest absolute Gasteiger partial charge is 0.222 e. The fraction of sp³-hybridized carbons (Fsp3) is 0.0667. The van der Waals surface area contributed by atoms with Crippen LogP contribution < -0.4 is 5.73 Å². The van der Waals surface area contributed by atoms with Crippen molar-refractivity contribution in [3.05, 3.63) is 42.5 Å². The molecule has 0 bridgehead atoms. The number of hydrogen-bond acceptors (Lipinski definition) is 9. The van der Waals surface area contributed by atoms with E-state index in [2.05, 4.69) is 29.6 Å². The van der Waals surface area contributed by atoms with Crippen LogP contribution in [-0.4, -0.2) is 34.3 Å². The predicted octanol–water partition coefficient (Wildman–Crippen LogP) is 2.12. The number of rotatable bonds is 3. The van der Waals surface area contributed by atoms with Crippen LogP contribution >= 0.6 is 11.5 Å². The van der Waals surface area contributed by atoms with Crippen LogP contribution in [-0.2, 0) is 6.54 Å². The van der Waals surface area contributed by atoms with Gasteiger partial charge in [0.2, 0.25) is 5.95 Å². The number of anilines is 1. The largest absolute Gasteiger partial charge is 0.463 e. The van der Waals surface area contributed by atoms with E-state index in [0.717, 1.165) is 15.8 Å². The Morgan fingerprint density at radius 2 is 2.20 bits per heavy atom. The zero-order valence-corrected chi connectivity index (χ0v) is 13.5. The third-order valence-corrected chi connectivity index (χ3v) is 4.56. The monoisotopic (exact) mass is 350 g/mol. The van der Waals surface area contributed by atoms with Crippen molar-refractivity contribution in [2.45, 2.75) is 6.54 Å². The Labute approximate surface area is 144 Å². The van der Waals surface area contributed by atoms with Gasteiger partial charge in [0.1, 0.15) is 5.69 Å². The molecule has 10 heteroatoms. The van der Waals surface area contributed by atoms with Crippen molar-refractivity contribution in [2.75, 3.05) is 5.73 Å². The molecular weight excluding hydrogens is 340 g/mol. The molecule has 5 aromatic rings. The molecule has 0 atom stereocenters. The van der Waals surface area contributed by atoms with Gasteiger partial charge in [-0.05, 0) is 29.7 Å². The maximum absolute atomic E-state index is 5.87. The lowest BCUT2D eigenvalue weighted by atomic mass is 10.2. The van der Waals surface area contributed by atoms with Gasteiger partial charge in [-0.2, -0.15) is 9.36 Å². The average Bonchev–Trinajstić information content (AvgIpc) is 3.35. The van der Waals surface area contributed by atoms with Gasteiger partial charge in [-0.3, -0.25) is 4.98 Å². The molecule has 9 nitrogen and oxygen atoms in total. The number of nitrogen functional groups attached to an aromatic ring is 1. The SMILES string of the molecule is Nc1nc(-c2ccco2)c2nnn(Cc3nccc4sncc34)c2n1. The number of nitrogens with two attached hydrogens (primary N) is 1. The van der Waals surface area contributed by atoms with E-state index >= 15 is 0 Å². The van der Waals surface area contributed by atoms with Gasteiger partial charge in [0.25, 0.3) is 0 Å². The Morgan fingerprint density at radius 3 is 3.08 bits per heavy atom. The molecule has 0 radical (unpaired) electrons. The van der Waals surface area contributed by atoms with Crippen LogP contribution in [0, 0.1) is 0 Å². The van der Waals surface area contributed by atoms with E-state index in [4.69, 9.17) is 10.2 Å². The molecule has 0 aliphatic rings. The highest BCUT2D eigenvalue weighted by atomic mass is 32.1. The van der Waals surface area contributed by atoms with E-state index in [0.29, 0.717) is 29.2 Å². The Morgan fingerprint density at radius 1 is 1.24 bits per heavy atom. The topological polar surface area (TPSA) is 121 Å². The zero-order valence-electron chi connectivity index (χ0n) is 12.7. The molecule has 0 fully saturated rings. The van der Waals surface area contributed by atoms with Gasteiger partial charge in [0, 0.05) is 11.6 Å². The lowest BCUT2D eigenvalue weighted by Crippen LogP contribution is -2.06. The van der Waals surface area contributed by atoms with E-state index in [-0.39, 0.29) is 5.95 Å². The van der Waals surface area contributed by atoms with Crippen molar-refractivity contribution >= 4 is 38.7 Å². The lowest BCUT2D eigenvalue weighted by molar-refractivity contribution is 0.580. The molecule has 0 aliphatic carbocycles. The van der Waals surface area contributed by atoms with Crippen molar-refractivity contribution in [2.24, 2.45) is 0 Å². The second-order valence-corrected chi connectivity index (χ2v) is 6.16. The van der Waals surface area contributed by atoms with E-state index < -0.39 is 0 Å². The van der Waals surface area contributed by atoms with E-state index in [1.54, 1.807) is 35.5 Å². The highest BCUT2D eigenvalue weighted by molar-refractivity contribution is 7.13. The Balaban J connectivity index is 1.67. The molecule has 0 amide bonds. The first-order valence-electron chi connectivity index (χ1n) is 7.38. The van der Waals surface area contributed by atoms with Gasteiger partial charge in [-0.1, -0.05) is 5.21 Å². The first-order chi connectivity index (χ1) is 12.3. The zero-order chi connectivity index (χ0) is 16.8. The molecule has 0 aliphatic heterocycles. The second-order valence-electron chi connectivity index (χ2n) is 5.32. The molecule has 5 heterocycles. The summed E-state index contributed by atoms with van der Waals surface area (Å²) in [6.07, 6.45) is 5.13. The molecule has 122 valence electrons. The summed E-state index contributed by atoms with van der Waals surface area (Å²) in [4.78, 5) is 13.0. The summed E-state index contributed by atoms with van der Waals surface area (Å²) < 4.78 is 12.4. The molecule has 0 aromatic carbocycles. The molecule has 25 heavy (non-hydrogen) atoms. The molecule has 5 rings (SSSR count). The standard InChI is InChI=1S/C15H10N8OS/c16-15-19-12(10-2-1-5-24-10)13-14(20-15)23(22-21-13)7-9-8-6-18-25-11(8)3-4-17-9/h1-6H,7H2,(H2,16,19,20). The van der Waals surface area contributed by atoms with Gasteiger partial charge in [-0.25, -0.2) is 9.67 Å². The van der Waals surface area contributed by atoms with Crippen LogP contribution in [0.4, 0.5) is 5.95 Å². The normalized spacial score (nSPS) is 11.5. The Hall–Kier alpha value is -3.40. The van der Waals surface area contributed by atoms with Crippen LogP contribution in [0.2, 0.25) is 0 Å². The average molecular weight is 350 g/mol. The van der Waals surface area contributed by atoms with E-state index in [9.17, 15) is 0 Å². The number of pyridine rings is 1. The summed E-state index contributed by atoms with van der Waals surface area (Å²) in [5, 5.41) is 9.40. The van der Waals surface area contributed by atoms with E-state index in [1.165, 1.54) is 11.5 Å². The van der Waals surface area contributed by atoms with Gasteiger partial charge < -0.3 is 10.2 Å². The maximum Gasteiger partial charge on any atom is 0.222 e. The van der Waals surface area contributed by atoms with Crippen LogP contribution in [0.25, 0.3) is 32.7 Å². The summed E-state index contributed by atoms with van der Waals surface area (Å²) in [7, 11) is 0. The van der Waals surface area contributed by atoms with Crippen LogP contribution in [0.1, 0.15) is 5.69 Å². The third kappa shape index (κ3) is 2.22. The van der Waals surface area contributed by atoms with Gasteiger partial charge in [0.05, 0.1) is 29.4 Å². The third-order valence-electron chi connectivity index (χ3n) is 3.80. The molecule has 0 spiro atoms. The quantitative estimate of drug-likeness (QED) is 0.525. The van der Waals surface area contributed by atoms with Crippen molar-refractivity contribution < 1.29 is 4.42 Å². The van der Waals surface area contributed by atoms with Crippen molar-refractivity contribution in [3.63, 3.8) is 0 Å². The minimum atomic E-state index is 0.130.